The molecule has 2 aromatic carbocycles. The van der Waals surface area contributed by atoms with E-state index in [-0.39, 0.29) is 23.1 Å². The lowest BCUT2D eigenvalue weighted by molar-refractivity contribution is 0.101. The number of benzene rings is 2. The molecule has 0 saturated carbocycles. The van der Waals surface area contributed by atoms with Crippen LogP contribution in [0.2, 0.25) is 0 Å². The van der Waals surface area contributed by atoms with Gasteiger partial charge in [-0.25, -0.2) is 4.98 Å². The highest BCUT2D eigenvalue weighted by Gasteiger charge is 2.19. The van der Waals surface area contributed by atoms with E-state index in [0.717, 1.165) is 6.42 Å². The number of Topliss-reactive ketones (excluding diaryl/α,β-unsaturated/α-hetero) is 1. The number of methoxy groups -OCH3 is 2. The summed E-state index contributed by atoms with van der Waals surface area (Å²) >= 11 is 1.26. The van der Waals surface area contributed by atoms with Crippen molar-refractivity contribution in [2.45, 2.75) is 31.5 Å². The topological polar surface area (TPSA) is 70.4 Å². The number of carbonyl (C=O) groups is 1. The van der Waals surface area contributed by atoms with E-state index in [4.69, 9.17) is 9.47 Å². The van der Waals surface area contributed by atoms with Crippen molar-refractivity contribution >= 4 is 28.4 Å². The van der Waals surface area contributed by atoms with Gasteiger partial charge in [0.05, 0.1) is 36.4 Å². The summed E-state index contributed by atoms with van der Waals surface area (Å²) in [6.07, 6.45) is 0.783. The van der Waals surface area contributed by atoms with Gasteiger partial charge in [0, 0.05) is 6.04 Å². The van der Waals surface area contributed by atoms with Crippen molar-refractivity contribution in [1.82, 2.24) is 9.55 Å². The third-order valence-corrected chi connectivity index (χ3v) is 5.80. The molecule has 0 N–H and O–H groups in total. The SMILES string of the molecule is CC[C@H](C)n1c(SCC(=O)c2cc(OC)ccc2OC)nc2ccccc2c1=O. The van der Waals surface area contributed by atoms with Crippen LogP contribution in [-0.2, 0) is 0 Å². The van der Waals surface area contributed by atoms with Crippen LogP contribution in [0.15, 0.2) is 52.4 Å². The zero-order chi connectivity index (χ0) is 21.0. The first-order valence-electron chi connectivity index (χ1n) is 9.39. The van der Waals surface area contributed by atoms with Crippen molar-refractivity contribution in [1.29, 1.82) is 0 Å². The molecule has 0 spiro atoms. The molecule has 0 fully saturated rings. The molecule has 7 heteroatoms. The summed E-state index contributed by atoms with van der Waals surface area (Å²) in [4.78, 5) is 30.6. The Morgan fingerprint density at radius 3 is 2.62 bits per heavy atom. The van der Waals surface area contributed by atoms with Crippen molar-refractivity contribution in [3.63, 3.8) is 0 Å². The van der Waals surface area contributed by atoms with Gasteiger partial charge in [0.2, 0.25) is 0 Å². The summed E-state index contributed by atoms with van der Waals surface area (Å²) in [6.45, 7) is 4.00. The molecule has 0 aliphatic rings. The van der Waals surface area contributed by atoms with E-state index in [1.54, 1.807) is 35.9 Å². The Morgan fingerprint density at radius 2 is 1.93 bits per heavy atom. The molecule has 0 aliphatic heterocycles. The van der Waals surface area contributed by atoms with Crippen molar-refractivity contribution < 1.29 is 14.3 Å². The molecule has 3 rings (SSSR count). The van der Waals surface area contributed by atoms with E-state index >= 15 is 0 Å². The highest BCUT2D eigenvalue weighted by atomic mass is 32.2. The number of hydrogen-bond acceptors (Lipinski definition) is 6. The van der Waals surface area contributed by atoms with E-state index < -0.39 is 0 Å². The van der Waals surface area contributed by atoms with Crippen LogP contribution in [0, 0.1) is 0 Å². The fourth-order valence-corrected chi connectivity index (χ4v) is 4.02. The zero-order valence-electron chi connectivity index (χ0n) is 17.0. The van der Waals surface area contributed by atoms with Crippen molar-refractivity contribution in [2.24, 2.45) is 0 Å². The third kappa shape index (κ3) is 4.29. The summed E-state index contributed by atoms with van der Waals surface area (Å²) in [6, 6.07) is 12.4. The highest BCUT2D eigenvalue weighted by Crippen LogP contribution is 2.28. The predicted octanol–water partition coefficient (Wildman–Crippen LogP) is 4.36. The van der Waals surface area contributed by atoms with Gasteiger partial charge in [0.15, 0.2) is 10.9 Å². The quantitative estimate of drug-likeness (QED) is 0.311. The molecule has 0 bridgehead atoms. The second-order valence-electron chi connectivity index (χ2n) is 6.62. The van der Waals surface area contributed by atoms with Crippen molar-refractivity contribution in [3.05, 3.63) is 58.4 Å². The van der Waals surface area contributed by atoms with Crippen LogP contribution in [0.25, 0.3) is 10.9 Å². The molecule has 29 heavy (non-hydrogen) atoms. The minimum Gasteiger partial charge on any atom is -0.497 e. The fraction of sp³-hybridized carbons (Fsp3) is 0.318. The average Bonchev–Trinajstić information content (AvgIpc) is 2.76. The van der Waals surface area contributed by atoms with Gasteiger partial charge in [0.1, 0.15) is 11.5 Å². The first-order valence-corrected chi connectivity index (χ1v) is 10.4. The van der Waals surface area contributed by atoms with E-state index in [1.807, 2.05) is 32.0 Å². The largest absolute Gasteiger partial charge is 0.497 e. The monoisotopic (exact) mass is 412 g/mol. The summed E-state index contributed by atoms with van der Waals surface area (Å²) in [5, 5.41) is 1.12. The molecule has 1 aromatic heterocycles. The van der Waals surface area contributed by atoms with Gasteiger partial charge in [-0.3, -0.25) is 14.2 Å². The standard InChI is InChI=1S/C22H24N2O4S/c1-5-14(2)24-21(26)16-8-6-7-9-18(16)23-22(24)29-13-19(25)17-12-15(27-3)10-11-20(17)28-4/h6-12,14H,5,13H2,1-4H3/t14-/m0/s1. The Balaban J connectivity index is 1.96. The summed E-state index contributed by atoms with van der Waals surface area (Å²) in [7, 11) is 3.08. The molecule has 152 valence electrons. The zero-order valence-corrected chi connectivity index (χ0v) is 17.8. The maximum atomic E-state index is 13.0. The number of ether oxygens (including phenoxy) is 2. The number of carbonyl (C=O) groups excluding carboxylic acids is 1. The molecule has 0 aliphatic carbocycles. The van der Waals surface area contributed by atoms with Crippen molar-refractivity contribution in [2.75, 3.05) is 20.0 Å². The van der Waals surface area contributed by atoms with Crippen LogP contribution in [0.4, 0.5) is 0 Å². The van der Waals surface area contributed by atoms with Crippen LogP contribution in [0.1, 0.15) is 36.7 Å². The third-order valence-electron chi connectivity index (χ3n) is 4.85. The Kier molecular flexibility index (Phi) is 6.59. The summed E-state index contributed by atoms with van der Waals surface area (Å²) in [5.74, 6) is 1.08. The Bertz CT molecular complexity index is 1090. The lowest BCUT2D eigenvalue weighted by Crippen LogP contribution is -2.26. The molecule has 0 amide bonds. The number of para-hydroxylation sites is 1. The smallest absolute Gasteiger partial charge is 0.262 e. The second-order valence-corrected chi connectivity index (χ2v) is 7.56. The number of ketones is 1. The number of nitrogens with zero attached hydrogens (tertiary/aromatic N) is 2. The lowest BCUT2D eigenvalue weighted by atomic mass is 10.1. The lowest BCUT2D eigenvalue weighted by Gasteiger charge is -2.18. The van der Waals surface area contributed by atoms with Crippen LogP contribution in [-0.4, -0.2) is 35.3 Å². The van der Waals surface area contributed by atoms with Crippen LogP contribution in [0.5, 0.6) is 11.5 Å². The van der Waals surface area contributed by atoms with Gasteiger partial charge in [-0.2, -0.15) is 0 Å². The molecule has 6 nitrogen and oxygen atoms in total. The maximum absolute atomic E-state index is 13.0. The molecular weight excluding hydrogens is 388 g/mol. The first-order chi connectivity index (χ1) is 14.0. The van der Waals surface area contributed by atoms with E-state index in [2.05, 4.69) is 4.98 Å². The second kappa shape index (κ2) is 9.13. The van der Waals surface area contributed by atoms with E-state index in [1.165, 1.54) is 18.9 Å². The van der Waals surface area contributed by atoms with Crippen molar-refractivity contribution in [3.8, 4) is 11.5 Å². The molecular formula is C22H24N2O4S. The maximum Gasteiger partial charge on any atom is 0.262 e. The number of thioether (sulfide) groups is 1. The molecule has 1 heterocycles. The number of rotatable bonds is 8. The molecule has 0 radical (unpaired) electrons. The van der Waals surface area contributed by atoms with Gasteiger partial charge in [0.25, 0.3) is 5.56 Å². The molecule has 0 unspecified atom stereocenters. The van der Waals surface area contributed by atoms with Crippen LogP contribution < -0.4 is 15.0 Å². The van der Waals surface area contributed by atoms with Crippen LogP contribution in [0.3, 0.4) is 0 Å². The van der Waals surface area contributed by atoms with E-state index in [0.29, 0.717) is 33.1 Å². The Hall–Kier alpha value is -2.80. The number of fused-ring (bicyclic) bond motifs is 1. The fourth-order valence-electron chi connectivity index (χ4n) is 3.04. The highest BCUT2D eigenvalue weighted by molar-refractivity contribution is 7.99. The number of aromatic nitrogens is 2. The first kappa shape index (κ1) is 20.9. The van der Waals surface area contributed by atoms with Gasteiger partial charge >= 0.3 is 0 Å². The summed E-state index contributed by atoms with van der Waals surface area (Å²) in [5.41, 5.74) is 0.988. The average molecular weight is 413 g/mol. The minimum atomic E-state index is -0.121. The molecule has 3 aromatic rings. The van der Waals surface area contributed by atoms with E-state index in [9.17, 15) is 9.59 Å². The van der Waals surface area contributed by atoms with Gasteiger partial charge in [-0.05, 0) is 43.7 Å². The number of hydrogen-bond donors (Lipinski definition) is 0. The van der Waals surface area contributed by atoms with Gasteiger partial charge < -0.3 is 9.47 Å². The molecule has 0 saturated heterocycles. The molecule has 1 atom stereocenters. The summed E-state index contributed by atoms with van der Waals surface area (Å²) < 4.78 is 12.2. The minimum absolute atomic E-state index is 0.0245. The van der Waals surface area contributed by atoms with Gasteiger partial charge in [-0.1, -0.05) is 30.8 Å². The Morgan fingerprint density at radius 1 is 1.17 bits per heavy atom. The Labute approximate surface area is 173 Å². The van der Waals surface area contributed by atoms with Gasteiger partial charge in [-0.15, -0.1) is 0 Å². The van der Waals surface area contributed by atoms with Crippen LogP contribution >= 0.6 is 11.8 Å². The predicted molar refractivity (Wildman–Crippen MR) is 116 cm³/mol. The normalized spacial score (nSPS) is 12.0.